The number of nitrogens with zero attached hydrogens (tertiary/aromatic N) is 4. The van der Waals surface area contributed by atoms with E-state index in [9.17, 15) is 30.0 Å². The quantitative estimate of drug-likeness (QED) is 0.112. The van der Waals surface area contributed by atoms with E-state index >= 15 is 0 Å². The zero-order chi connectivity index (χ0) is 45.1. The molecule has 2 aliphatic rings. The van der Waals surface area contributed by atoms with Gasteiger partial charge < -0.3 is 30.2 Å². The van der Waals surface area contributed by atoms with Gasteiger partial charge in [-0.3, -0.25) is 19.6 Å². The van der Waals surface area contributed by atoms with Crippen LogP contribution in [-0.2, 0) is 11.0 Å². The molecule has 14 heteroatoms. The number of piperidine rings is 2. The van der Waals surface area contributed by atoms with E-state index in [1.54, 1.807) is 70.8 Å². The molecule has 2 aromatic carbocycles. The number of likely N-dealkylation sites (tertiary alicyclic amines) is 2. The highest BCUT2D eigenvalue weighted by atomic mass is 35.5. The lowest BCUT2D eigenvalue weighted by atomic mass is 9.88. The van der Waals surface area contributed by atoms with E-state index in [2.05, 4.69) is 27.5 Å². The molecule has 0 bridgehead atoms. The van der Waals surface area contributed by atoms with Crippen LogP contribution in [-0.4, -0.2) is 97.0 Å². The van der Waals surface area contributed by atoms with Crippen LogP contribution < -0.4 is 0 Å². The van der Waals surface area contributed by atoms with Crippen LogP contribution in [0.1, 0.15) is 85.5 Å². The van der Waals surface area contributed by atoms with E-state index in [0.717, 1.165) is 48.8 Å². The molecule has 4 N–H and O–H groups in total. The smallest absolute Gasteiger partial charge is 0.253 e. The van der Waals surface area contributed by atoms with Gasteiger partial charge in [0.2, 0.25) is 0 Å². The molecule has 8 rings (SSSR count). The first-order chi connectivity index (χ1) is 30.0. The van der Waals surface area contributed by atoms with Crippen LogP contribution in [0, 0.1) is 0 Å². The van der Waals surface area contributed by atoms with Crippen molar-refractivity contribution in [3.8, 4) is 43.1 Å². The van der Waals surface area contributed by atoms with Gasteiger partial charge in [-0.05, 0) is 133 Å². The summed E-state index contributed by atoms with van der Waals surface area (Å²) in [5.74, 6) is -0.101. The molecule has 6 aromatic rings. The van der Waals surface area contributed by atoms with Gasteiger partial charge >= 0.3 is 0 Å². The van der Waals surface area contributed by atoms with Gasteiger partial charge in [-0.2, -0.15) is 0 Å². The lowest BCUT2D eigenvalue weighted by Crippen LogP contribution is -2.40. The number of thiophene rings is 2. The molecule has 63 heavy (non-hydrogen) atoms. The number of hydrogen-bond acceptors (Lipinski definition) is 10. The first-order valence-electron chi connectivity index (χ1n) is 21.0. The number of pyridine rings is 2. The van der Waals surface area contributed by atoms with E-state index in [1.165, 1.54) is 0 Å². The summed E-state index contributed by atoms with van der Waals surface area (Å²) in [4.78, 5) is 39.8. The number of benzene rings is 2. The monoisotopic (exact) mass is 926 g/mol. The Hall–Kier alpha value is -4.50. The molecule has 2 saturated heterocycles. The van der Waals surface area contributed by atoms with Crippen LogP contribution in [0.25, 0.3) is 43.1 Å². The second-order valence-electron chi connectivity index (χ2n) is 17.3. The van der Waals surface area contributed by atoms with Crippen LogP contribution in [0.2, 0.25) is 10.0 Å². The van der Waals surface area contributed by atoms with Crippen LogP contribution in [0.15, 0.2) is 96.0 Å². The topological polar surface area (TPSA) is 147 Å². The number of amides is 2. The third-order valence-electron chi connectivity index (χ3n) is 11.6. The predicted octanol–water partition coefficient (Wildman–Crippen LogP) is 9.95. The zero-order valence-corrected chi connectivity index (χ0v) is 38.9. The highest BCUT2D eigenvalue weighted by molar-refractivity contribution is 7.14. The van der Waals surface area contributed by atoms with Crippen molar-refractivity contribution in [3.05, 3.63) is 129 Å². The molecule has 6 heterocycles. The van der Waals surface area contributed by atoms with Crippen molar-refractivity contribution in [2.75, 3.05) is 32.8 Å². The van der Waals surface area contributed by atoms with Crippen LogP contribution in [0.4, 0.5) is 0 Å². The van der Waals surface area contributed by atoms with Crippen LogP contribution >= 0.6 is 45.9 Å². The largest absolute Gasteiger partial charge is 0.395 e. The maximum absolute atomic E-state index is 12.8. The summed E-state index contributed by atoms with van der Waals surface area (Å²) in [6.07, 6.45) is 5.29. The molecule has 0 radical (unpaired) electrons. The Kier molecular flexibility index (Phi) is 14.5. The Morgan fingerprint density at radius 3 is 1.44 bits per heavy atom. The Bertz CT molecular complexity index is 2570. The van der Waals surface area contributed by atoms with Gasteiger partial charge in [-0.25, -0.2) is 0 Å². The number of hydrogen-bond donors (Lipinski definition) is 4. The first kappa shape index (κ1) is 46.5. The molecule has 0 atom stereocenters. The maximum Gasteiger partial charge on any atom is 0.253 e. The summed E-state index contributed by atoms with van der Waals surface area (Å²) in [6, 6.07) is 22.8. The summed E-state index contributed by atoms with van der Waals surface area (Å²) in [5, 5.41) is 44.4. The van der Waals surface area contributed by atoms with Crippen molar-refractivity contribution in [2.45, 2.75) is 76.6 Å². The molecule has 2 aliphatic heterocycles. The Morgan fingerprint density at radius 2 is 1.05 bits per heavy atom. The van der Waals surface area contributed by atoms with Gasteiger partial charge in [0, 0.05) is 81.7 Å². The van der Waals surface area contributed by atoms with E-state index in [1.807, 2.05) is 67.8 Å². The van der Waals surface area contributed by atoms with Crippen molar-refractivity contribution < 1.29 is 30.0 Å². The van der Waals surface area contributed by atoms with Crippen molar-refractivity contribution in [1.82, 2.24) is 19.8 Å². The number of aliphatic hydroxyl groups is 4. The average molecular weight is 928 g/mol. The first-order valence-corrected chi connectivity index (χ1v) is 23.5. The molecule has 0 spiro atoms. The fourth-order valence-corrected chi connectivity index (χ4v) is 10.1. The second kappa shape index (κ2) is 19.7. The minimum Gasteiger partial charge on any atom is -0.395 e. The summed E-state index contributed by atoms with van der Waals surface area (Å²) >= 11 is 16.3. The summed E-state index contributed by atoms with van der Waals surface area (Å²) in [6.45, 7) is 9.64. The fraction of sp³-hybridized carbons (Fsp3) is 0.347. The van der Waals surface area contributed by atoms with Gasteiger partial charge in [0.15, 0.2) is 0 Å². The molecule has 2 fully saturated rings. The number of carbonyl (C=O) groups excluding carboxylic acids is 2. The van der Waals surface area contributed by atoms with E-state index in [-0.39, 0.29) is 30.6 Å². The molecule has 2 amide bonds. The Balaban J connectivity index is 0.000000189. The van der Waals surface area contributed by atoms with Crippen LogP contribution in [0.3, 0.4) is 0 Å². The van der Waals surface area contributed by atoms with Crippen LogP contribution in [0.5, 0.6) is 0 Å². The van der Waals surface area contributed by atoms with Gasteiger partial charge in [0.25, 0.3) is 11.8 Å². The third kappa shape index (κ3) is 11.1. The van der Waals surface area contributed by atoms with E-state index in [4.69, 9.17) is 23.2 Å². The number of carbonyl (C=O) groups is 2. The molecule has 10 nitrogen and oxygen atoms in total. The average Bonchev–Trinajstić information content (AvgIpc) is 3.98. The number of aliphatic hydroxyl groups excluding tert-OH is 3. The predicted molar refractivity (Wildman–Crippen MR) is 254 cm³/mol. The molecule has 0 saturated carbocycles. The highest BCUT2D eigenvalue weighted by Crippen LogP contribution is 2.39. The highest BCUT2D eigenvalue weighted by Gasteiger charge is 2.26. The van der Waals surface area contributed by atoms with Gasteiger partial charge in [0.05, 0.1) is 34.6 Å². The van der Waals surface area contributed by atoms with E-state index in [0.29, 0.717) is 78.7 Å². The molecule has 0 aliphatic carbocycles. The van der Waals surface area contributed by atoms with E-state index < -0.39 is 11.0 Å². The third-order valence-corrected chi connectivity index (χ3v) is 14.1. The summed E-state index contributed by atoms with van der Waals surface area (Å²) < 4.78 is 0. The van der Waals surface area contributed by atoms with Gasteiger partial charge in [0.1, 0.15) is 5.60 Å². The molecular weight excluding hydrogens is 876 g/mol. The van der Waals surface area contributed by atoms with Crippen molar-refractivity contribution >= 4 is 57.7 Å². The summed E-state index contributed by atoms with van der Waals surface area (Å²) in [7, 11) is 0. The standard InChI is InChI=1S/C25H27ClN2O3S.C24H25ClN2O3S/c1-25(2,15-29)23-13-16(5-8-27-23)18-12-22(32-14-18)20-4-3-17(11-21(20)26)24(31)28-9-6-19(30)7-10-28;1-24(2,30)22-13-15(5-8-26-22)17-12-21(31-14-17)19-4-3-16(11-20(19)25)23(29)27-9-6-18(28)7-10-27/h3-5,8,11-14,19,29-30H,6-7,9-10,15H2,1-2H3;3-5,8,11-14,18,28,30H,6-7,9-10H2,1-2H3. The fourth-order valence-electron chi connectivity index (χ4n) is 7.46. The lowest BCUT2D eigenvalue weighted by Gasteiger charge is -2.29. The minimum absolute atomic E-state index is 0.0248. The summed E-state index contributed by atoms with van der Waals surface area (Å²) in [5.41, 5.74) is 7.03. The molecular formula is C49H52Cl2N4O6S2. The molecule has 0 unspecified atom stereocenters. The van der Waals surface area contributed by atoms with Crippen molar-refractivity contribution in [2.24, 2.45) is 0 Å². The zero-order valence-electron chi connectivity index (χ0n) is 35.7. The minimum atomic E-state index is -1.01. The maximum atomic E-state index is 12.8. The number of aromatic nitrogens is 2. The van der Waals surface area contributed by atoms with Crippen molar-refractivity contribution in [3.63, 3.8) is 0 Å². The number of halogens is 2. The lowest BCUT2D eigenvalue weighted by molar-refractivity contribution is 0.0537. The molecule has 330 valence electrons. The second-order valence-corrected chi connectivity index (χ2v) is 19.9. The Labute approximate surface area is 386 Å². The Morgan fingerprint density at radius 1 is 0.635 bits per heavy atom. The SMILES string of the molecule is CC(C)(CO)c1cc(-c2csc(-c3ccc(C(=O)N4CCC(O)CC4)cc3Cl)c2)ccn1.CC(C)(O)c1cc(-c2csc(-c3ccc(C(=O)N4CCC(O)CC4)cc3Cl)c2)ccn1. The molecule has 4 aromatic heterocycles. The van der Waals surface area contributed by atoms with Crippen molar-refractivity contribution in [1.29, 1.82) is 0 Å². The van der Waals surface area contributed by atoms with Gasteiger partial charge in [-0.15, -0.1) is 22.7 Å². The number of rotatable bonds is 9. The van der Waals surface area contributed by atoms with Gasteiger partial charge in [-0.1, -0.05) is 49.2 Å². The normalized spacial score (nSPS) is 15.3.